The van der Waals surface area contributed by atoms with Crippen LogP contribution in [0.1, 0.15) is 12.8 Å². The van der Waals surface area contributed by atoms with E-state index in [9.17, 15) is 4.79 Å². The topological polar surface area (TPSA) is 40.9 Å². The standard InChI is InChI=1S/C9H9NO/c1-7(6-10)8-3-2-4-9(11)5-8/h2,4,8H,1,3,5H2. The van der Waals surface area contributed by atoms with E-state index in [0.717, 1.165) is 6.42 Å². The molecule has 56 valence electrons. The third-order valence-electron chi connectivity index (χ3n) is 1.81. The molecule has 1 atom stereocenters. The van der Waals surface area contributed by atoms with E-state index in [2.05, 4.69) is 6.58 Å². The summed E-state index contributed by atoms with van der Waals surface area (Å²) in [5, 5.41) is 8.49. The third kappa shape index (κ3) is 1.78. The Morgan fingerprint density at radius 3 is 3.09 bits per heavy atom. The molecule has 11 heavy (non-hydrogen) atoms. The van der Waals surface area contributed by atoms with Gasteiger partial charge >= 0.3 is 0 Å². The van der Waals surface area contributed by atoms with Crippen molar-refractivity contribution < 1.29 is 4.79 Å². The van der Waals surface area contributed by atoms with Crippen molar-refractivity contribution in [2.45, 2.75) is 12.8 Å². The number of nitrogens with zero attached hydrogens (tertiary/aromatic N) is 1. The Kier molecular flexibility index (Phi) is 2.22. The fraction of sp³-hybridized carbons (Fsp3) is 0.333. The van der Waals surface area contributed by atoms with E-state index >= 15 is 0 Å². The molecule has 2 nitrogen and oxygen atoms in total. The Morgan fingerprint density at radius 2 is 2.55 bits per heavy atom. The predicted octanol–water partition coefficient (Wildman–Crippen LogP) is 1.60. The summed E-state index contributed by atoms with van der Waals surface area (Å²) in [4.78, 5) is 10.9. The van der Waals surface area contributed by atoms with Crippen LogP contribution in [0, 0.1) is 17.2 Å². The summed E-state index contributed by atoms with van der Waals surface area (Å²) < 4.78 is 0. The summed E-state index contributed by atoms with van der Waals surface area (Å²) in [7, 11) is 0. The summed E-state index contributed by atoms with van der Waals surface area (Å²) in [6, 6.07) is 1.97. The molecule has 1 rings (SSSR count). The van der Waals surface area contributed by atoms with Gasteiger partial charge in [0.1, 0.15) is 0 Å². The van der Waals surface area contributed by atoms with Crippen molar-refractivity contribution in [2.24, 2.45) is 5.92 Å². The SMILES string of the molecule is C=C(C#N)C1CC=CC(=O)C1. The molecule has 0 heterocycles. The average Bonchev–Trinajstić information content (AvgIpc) is 2.03. The molecule has 1 unspecified atom stereocenters. The Labute approximate surface area is 65.8 Å². The first-order valence-electron chi connectivity index (χ1n) is 3.52. The van der Waals surface area contributed by atoms with E-state index in [-0.39, 0.29) is 11.7 Å². The minimum Gasteiger partial charge on any atom is -0.295 e. The van der Waals surface area contributed by atoms with Crippen molar-refractivity contribution in [3.05, 3.63) is 24.3 Å². The van der Waals surface area contributed by atoms with E-state index < -0.39 is 0 Å². The zero-order valence-electron chi connectivity index (χ0n) is 6.21. The largest absolute Gasteiger partial charge is 0.295 e. The molecule has 0 fully saturated rings. The first-order valence-corrected chi connectivity index (χ1v) is 3.52. The van der Waals surface area contributed by atoms with Gasteiger partial charge in [-0.1, -0.05) is 12.7 Å². The first kappa shape index (κ1) is 7.74. The molecule has 0 radical (unpaired) electrons. The normalized spacial score (nSPS) is 22.8. The van der Waals surface area contributed by atoms with Gasteiger partial charge in [-0.3, -0.25) is 4.79 Å². The molecule has 0 aromatic carbocycles. The monoisotopic (exact) mass is 147 g/mol. The van der Waals surface area contributed by atoms with Gasteiger partial charge in [0.05, 0.1) is 6.07 Å². The fourth-order valence-corrected chi connectivity index (χ4v) is 1.11. The van der Waals surface area contributed by atoms with Gasteiger partial charge in [-0.2, -0.15) is 5.26 Å². The zero-order chi connectivity index (χ0) is 8.27. The van der Waals surface area contributed by atoms with E-state index in [1.54, 1.807) is 12.2 Å². The lowest BCUT2D eigenvalue weighted by atomic mass is 9.88. The molecule has 0 aromatic rings. The van der Waals surface area contributed by atoms with Gasteiger partial charge in [-0.25, -0.2) is 0 Å². The molecule has 1 aliphatic carbocycles. The highest BCUT2D eigenvalue weighted by Crippen LogP contribution is 2.21. The summed E-state index contributed by atoms with van der Waals surface area (Å²) in [5.41, 5.74) is 0.516. The molecule has 0 saturated carbocycles. The van der Waals surface area contributed by atoms with Crippen LogP contribution in [-0.2, 0) is 4.79 Å². The van der Waals surface area contributed by atoms with Crippen LogP contribution in [0.15, 0.2) is 24.3 Å². The summed E-state index contributed by atoms with van der Waals surface area (Å²) in [6.07, 6.45) is 4.60. The lowest BCUT2D eigenvalue weighted by Crippen LogP contribution is -2.11. The van der Waals surface area contributed by atoms with Gasteiger partial charge in [0.15, 0.2) is 5.78 Å². The molecule has 0 N–H and O–H groups in total. The smallest absolute Gasteiger partial charge is 0.156 e. The second kappa shape index (κ2) is 3.16. The number of allylic oxidation sites excluding steroid dienone is 3. The van der Waals surface area contributed by atoms with Crippen molar-refractivity contribution in [2.75, 3.05) is 0 Å². The molecule has 1 aliphatic rings. The van der Waals surface area contributed by atoms with Crippen LogP contribution in [0.2, 0.25) is 0 Å². The lowest BCUT2D eigenvalue weighted by Gasteiger charge is -2.14. The van der Waals surface area contributed by atoms with Crippen molar-refractivity contribution in [3.8, 4) is 6.07 Å². The number of carbonyl (C=O) groups is 1. The molecule has 0 spiro atoms. The Balaban J connectivity index is 2.65. The van der Waals surface area contributed by atoms with E-state index in [1.807, 2.05) is 6.07 Å². The molecule has 0 bridgehead atoms. The Bertz CT molecular complexity index is 257. The highest BCUT2D eigenvalue weighted by atomic mass is 16.1. The minimum absolute atomic E-state index is 0.0532. The van der Waals surface area contributed by atoms with Crippen LogP contribution in [-0.4, -0.2) is 5.78 Å². The fourth-order valence-electron chi connectivity index (χ4n) is 1.11. The molecule has 0 saturated heterocycles. The first-order chi connectivity index (χ1) is 5.24. The van der Waals surface area contributed by atoms with E-state index in [1.165, 1.54) is 0 Å². The maximum atomic E-state index is 10.9. The highest BCUT2D eigenvalue weighted by molar-refractivity contribution is 5.90. The van der Waals surface area contributed by atoms with Crippen LogP contribution < -0.4 is 0 Å². The molecular formula is C9H9NO. The van der Waals surface area contributed by atoms with Crippen LogP contribution in [0.25, 0.3) is 0 Å². The maximum absolute atomic E-state index is 10.9. The van der Waals surface area contributed by atoms with Crippen LogP contribution in [0.5, 0.6) is 0 Å². The number of carbonyl (C=O) groups excluding carboxylic acids is 1. The highest BCUT2D eigenvalue weighted by Gasteiger charge is 2.17. The number of nitriles is 1. The third-order valence-corrected chi connectivity index (χ3v) is 1.81. The predicted molar refractivity (Wildman–Crippen MR) is 41.6 cm³/mol. The molecule has 2 heteroatoms. The van der Waals surface area contributed by atoms with Gasteiger partial charge in [-0.15, -0.1) is 0 Å². The summed E-state index contributed by atoms with van der Waals surface area (Å²) in [6.45, 7) is 3.58. The van der Waals surface area contributed by atoms with Crippen LogP contribution in [0.4, 0.5) is 0 Å². The molecule has 0 amide bonds. The van der Waals surface area contributed by atoms with Gasteiger partial charge in [0, 0.05) is 17.9 Å². The van der Waals surface area contributed by atoms with Crippen LogP contribution in [0.3, 0.4) is 0 Å². The Morgan fingerprint density at radius 1 is 1.82 bits per heavy atom. The Hall–Kier alpha value is -1.36. The number of hydrogen-bond donors (Lipinski definition) is 0. The lowest BCUT2D eigenvalue weighted by molar-refractivity contribution is -0.115. The van der Waals surface area contributed by atoms with Crippen molar-refractivity contribution in [1.29, 1.82) is 5.26 Å². The molecule has 0 aromatic heterocycles. The second-order valence-electron chi connectivity index (χ2n) is 2.64. The minimum atomic E-state index is 0.0532. The van der Waals surface area contributed by atoms with E-state index in [4.69, 9.17) is 5.26 Å². The number of ketones is 1. The average molecular weight is 147 g/mol. The number of rotatable bonds is 1. The van der Waals surface area contributed by atoms with Crippen LogP contribution >= 0.6 is 0 Å². The van der Waals surface area contributed by atoms with Gasteiger partial charge < -0.3 is 0 Å². The van der Waals surface area contributed by atoms with Gasteiger partial charge in [-0.05, 0) is 12.5 Å². The van der Waals surface area contributed by atoms with Crippen molar-refractivity contribution >= 4 is 5.78 Å². The van der Waals surface area contributed by atoms with Crippen molar-refractivity contribution in [1.82, 2.24) is 0 Å². The summed E-state index contributed by atoms with van der Waals surface area (Å²) >= 11 is 0. The molecular weight excluding hydrogens is 138 g/mol. The maximum Gasteiger partial charge on any atom is 0.156 e. The second-order valence-corrected chi connectivity index (χ2v) is 2.64. The summed E-state index contributed by atoms with van der Waals surface area (Å²) in [5.74, 6) is 0.148. The molecule has 0 aliphatic heterocycles. The quantitative estimate of drug-likeness (QED) is 0.528. The van der Waals surface area contributed by atoms with Gasteiger partial charge in [0.25, 0.3) is 0 Å². The number of hydrogen-bond acceptors (Lipinski definition) is 2. The van der Waals surface area contributed by atoms with Gasteiger partial charge in [0.2, 0.25) is 0 Å². The zero-order valence-corrected chi connectivity index (χ0v) is 6.21. The van der Waals surface area contributed by atoms with Crippen molar-refractivity contribution in [3.63, 3.8) is 0 Å². The van der Waals surface area contributed by atoms with E-state index in [0.29, 0.717) is 12.0 Å².